The minimum absolute atomic E-state index is 0.0723. The van der Waals surface area contributed by atoms with E-state index in [1.165, 1.54) is 0 Å². The van der Waals surface area contributed by atoms with E-state index in [0.29, 0.717) is 18.9 Å². The Bertz CT molecular complexity index is 682. The van der Waals surface area contributed by atoms with E-state index >= 15 is 0 Å². The summed E-state index contributed by atoms with van der Waals surface area (Å²) in [6, 6.07) is 1.98. The maximum absolute atomic E-state index is 13.1. The topological polar surface area (TPSA) is 78.5 Å². The van der Waals surface area contributed by atoms with Crippen molar-refractivity contribution in [3.63, 3.8) is 0 Å². The highest BCUT2D eigenvalue weighted by molar-refractivity contribution is 6.10. The van der Waals surface area contributed by atoms with Gasteiger partial charge in [-0.2, -0.15) is 0 Å². The van der Waals surface area contributed by atoms with E-state index in [1.54, 1.807) is 0 Å². The van der Waals surface area contributed by atoms with Crippen LogP contribution in [0.1, 0.15) is 32.1 Å². The Morgan fingerprint density at radius 3 is 2.38 bits per heavy atom. The molecule has 24 heavy (non-hydrogen) atoms. The number of carbonyl (C=O) groups excluding carboxylic acids is 3. The third kappa shape index (κ3) is 3.08. The molecule has 3 rings (SSSR count). The number of imide groups is 1. The van der Waals surface area contributed by atoms with Gasteiger partial charge in [-0.05, 0) is 25.0 Å². The number of nitrogens with zero attached hydrogens (tertiary/aromatic N) is 1. The average molecular weight is 337 g/mol. The average Bonchev–Trinajstić information content (AvgIpc) is 2.71. The number of hydrogen-bond donors (Lipinski definition) is 2. The number of amides is 4. The van der Waals surface area contributed by atoms with Crippen LogP contribution in [0.5, 0.6) is 0 Å². The van der Waals surface area contributed by atoms with E-state index in [0.717, 1.165) is 36.3 Å². The van der Waals surface area contributed by atoms with Crippen molar-refractivity contribution >= 4 is 23.5 Å². The molecule has 6 nitrogen and oxygen atoms in total. The Labute approximate surface area is 137 Å². The predicted molar refractivity (Wildman–Crippen MR) is 81.0 cm³/mol. The van der Waals surface area contributed by atoms with Crippen LogP contribution >= 0.6 is 0 Å². The molecule has 4 amide bonds. The van der Waals surface area contributed by atoms with E-state index in [-0.39, 0.29) is 5.69 Å². The Morgan fingerprint density at radius 1 is 1.12 bits per heavy atom. The highest BCUT2D eigenvalue weighted by atomic mass is 19.1. The fourth-order valence-corrected chi connectivity index (χ4v) is 3.28. The number of nitrogens with one attached hydrogen (secondary N) is 2. The van der Waals surface area contributed by atoms with Crippen LogP contribution in [0.4, 0.5) is 19.3 Å². The van der Waals surface area contributed by atoms with Crippen LogP contribution in [-0.4, -0.2) is 34.8 Å². The third-order valence-electron chi connectivity index (χ3n) is 4.40. The molecule has 1 saturated carbocycles. The molecule has 1 aromatic carbocycles. The largest absolute Gasteiger partial charge is 0.325 e. The van der Waals surface area contributed by atoms with Gasteiger partial charge in [-0.3, -0.25) is 14.5 Å². The SMILES string of the molecule is O=C(CN1C(=O)NC2(CCCCC2)C1=O)Nc1cc(F)cc(F)c1. The Hall–Kier alpha value is -2.51. The second-order valence-electron chi connectivity index (χ2n) is 6.17. The Kier molecular flexibility index (Phi) is 4.21. The second kappa shape index (κ2) is 6.18. The van der Waals surface area contributed by atoms with E-state index < -0.39 is 41.6 Å². The first kappa shape index (κ1) is 16.4. The molecule has 0 aromatic heterocycles. The lowest BCUT2D eigenvalue weighted by Crippen LogP contribution is -2.48. The second-order valence-corrected chi connectivity index (χ2v) is 6.17. The van der Waals surface area contributed by atoms with Crippen LogP contribution in [0.2, 0.25) is 0 Å². The number of benzene rings is 1. The van der Waals surface area contributed by atoms with Crippen LogP contribution in [0.3, 0.4) is 0 Å². The summed E-state index contributed by atoms with van der Waals surface area (Å²) in [6.07, 6.45) is 3.81. The molecule has 1 aromatic rings. The summed E-state index contributed by atoms with van der Waals surface area (Å²) < 4.78 is 26.3. The summed E-state index contributed by atoms with van der Waals surface area (Å²) in [5.41, 5.74) is -0.974. The number of rotatable bonds is 3. The lowest BCUT2D eigenvalue weighted by atomic mass is 9.82. The molecule has 128 valence electrons. The fraction of sp³-hybridized carbons (Fsp3) is 0.438. The minimum atomic E-state index is -0.902. The first-order valence-corrected chi connectivity index (χ1v) is 7.80. The van der Waals surface area contributed by atoms with Gasteiger partial charge >= 0.3 is 6.03 Å². The van der Waals surface area contributed by atoms with Crippen molar-refractivity contribution in [2.24, 2.45) is 0 Å². The molecule has 8 heteroatoms. The summed E-state index contributed by atoms with van der Waals surface area (Å²) in [5, 5.41) is 4.98. The molecule has 0 atom stereocenters. The van der Waals surface area contributed by atoms with Gasteiger partial charge in [0.05, 0.1) is 0 Å². The normalized spacial score (nSPS) is 19.5. The van der Waals surface area contributed by atoms with Gasteiger partial charge in [-0.25, -0.2) is 13.6 Å². The van der Waals surface area contributed by atoms with E-state index in [9.17, 15) is 23.2 Å². The maximum Gasteiger partial charge on any atom is 0.325 e. The summed E-state index contributed by atoms with van der Waals surface area (Å²) in [6.45, 7) is -0.495. The number of anilines is 1. The lowest BCUT2D eigenvalue weighted by molar-refractivity contribution is -0.134. The highest BCUT2D eigenvalue weighted by Gasteiger charge is 2.51. The smallest absolute Gasteiger partial charge is 0.324 e. The molecule has 0 unspecified atom stereocenters. The van der Waals surface area contributed by atoms with Crippen molar-refractivity contribution in [2.75, 3.05) is 11.9 Å². The quantitative estimate of drug-likeness (QED) is 0.830. The molecule has 2 aliphatic rings. The van der Waals surface area contributed by atoms with E-state index in [4.69, 9.17) is 0 Å². The monoisotopic (exact) mass is 337 g/mol. The molecule has 1 aliphatic carbocycles. The number of carbonyl (C=O) groups is 3. The molecule has 1 saturated heterocycles. The van der Waals surface area contributed by atoms with Crippen molar-refractivity contribution in [2.45, 2.75) is 37.6 Å². The summed E-state index contributed by atoms with van der Waals surface area (Å²) >= 11 is 0. The number of hydrogen-bond acceptors (Lipinski definition) is 3. The predicted octanol–water partition coefficient (Wildman–Crippen LogP) is 2.16. The van der Waals surface area contributed by atoms with Crippen LogP contribution in [0.25, 0.3) is 0 Å². The van der Waals surface area contributed by atoms with Crippen molar-refractivity contribution in [3.05, 3.63) is 29.8 Å². The van der Waals surface area contributed by atoms with Gasteiger partial charge < -0.3 is 10.6 Å². The summed E-state index contributed by atoms with van der Waals surface area (Å²) in [5.74, 6) is -2.77. The molecular weight excluding hydrogens is 320 g/mol. The number of urea groups is 1. The zero-order valence-corrected chi connectivity index (χ0v) is 12.9. The molecule has 0 radical (unpaired) electrons. The lowest BCUT2D eigenvalue weighted by Gasteiger charge is -2.30. The summed E-state index contributed by atoms with van der Waals surface area (Å²) in [7, 11) is 0. The fourth-order valence-electron chi connectivity index (χ4n) is 3.28. The van der Waals surface area contributed by atoms with Crippen LogP contribution in [-0.2, 0) is 9.59 Å². The van der Waals surface area contributed by atoms with Gasteiger partial charge in [0.25, 0.3) is 5.91 Å². The van der Waals surface area contributed by atoms with Crippen molar-refractivity contribution < 1.29 is 23.2 Å². The number of halogens is 2. The first-order valence-electron chi connectivity index (χ1n) is 7.80. The zero-order valence-electron chi connectivity index (χ0n) is 12.9. The third-order valence-corrected chi connectivity index (χ3v) is 4.40. The van der Waals surface area contributed by atoms with Crippen molar-refractivity contribution in [1.82, 2.24) is 10.2 Å². The van der Waals surface area contributed by atoms with E-state index in [2.05, 4.69) is 10.6 Å². The standard InChI is InChI=1S/C16H17F2N3O3/c17-10-6-11(18)8-12(7-10)19-13(22)9-21-14(23)16(20-15(21)24)4-2-1-3-5-16/h6-8H,1-5,9H2,(H,19,22)(H,20,24). The Morgan fingerprint density at radius 2 is 1.75 bits per heavy atom. The van der Waals surface area contributed by atoms with Crippen molar-refractivity contribution in [3.8, 4) is 0 Å². The molecule has 1 aliphatic heterocycles. The Balaban J connectivity index is 1.67. The molecule has 2 N–H and O–H groups in total. The van der Waals surface area contributed by atoms with Gasteiger partial charge in [0.1, 0.15) is 23.7 Å². The van der Waals surface area contributed by atoms with E-state index in [1.807, 2.05) is 0 Å². The molecule has 1 spiro atoms. The van der Waals surface area contributed by atoms with Crippen LogP contribution in [0, 0.1) is 11.6 Å². The van der Waals surface area contributed by atoms with Crippen LogP contribution < -0.4 is 10.6 Å². The van der Waals surface area contributed by atoms with Crippen LogP contribution in [0.15, 0.2) is 18.2 Å². The van der Waals surface area contributed by atoms with Crippen molar-refractivity contribution in [1.29, 1.82) is 0 Å². The van der Waals surface area contributed by atoms with Gasteiger partial charge in [0, 0.05) is 11.8 Å². The minimum Gasteiger partial charge on any atom is -0.324 e. The van der Waals surface area contributed by atoms with Gasteiger partial charge in [0.2, 0.25) is 5.91 Å². The van der Waals surface area contributed by atoms with Gasteiger partial charge in [0.15, 0.2) is 0 Å². The van der Waals surface area contributed by atoms with Gasteiger partial charge in [-0.15, -0.1) is 0 Å². The molecule has 2 fully saturated rings. The molecule has 1 heterocycles. The van der Waals surface area contributed by atoms with Gasteiger partial charge in [-0.1, -0.05) is 19.3 Å². The highest BCUT2D eigenvalue weighted by Crippen LogP contribution is 2.33. The molecule has 0 bridgehead atoms. The zero-order chi connectivity index (χ0) is 17.3. The molecular formula is C16H17F2N3O3. The first-order chi connectivity index (χ1) is 11.4. The maximum atomic E-state index is 13.1. The summed E-state index contributed by atoms with van der Waals surface area (Å²) in [4.78, 5) is 37.5.